The van der Waals surface area contributed by atoms with Crippen LogP contribution in [0.25, 0.3) is 0 Å². The molecule has 0 radical (unpaired) electrons. The number of rotatable bonds is 4. The zero-order valence-electron chi connectivity index (χ0n) is 10.6. The largest absolute Gasteiger partial charge is 0.481 e. The predicted octanol–water partition coefficient (Wildman–Crippen LogP) is 1.27. The zero-order chi connectivity index (χ0) is 12.1. The summed E-state index contributed by atoms with van der Waals surface area (Å²) in [5, 5.41) is 8.77. The Labute approximate surface area is 98.2 Å². The van der Waals surface area contributed by atoms with Crippen LogP contribution in [0, 0.1) is 0 Å². The van der Waals surface area contributed by atoms with Crippen molar-refractivity contribution in [3.63, 3.8) is 0 Å². The van der Waals surface area contributed by atoms with Crippen LogP contribution in [0.2, 0.25) is 0 Å². The molecule has 4 heteroatoms. The third kappa shape index (κ3) is 4.10. The number of carboxylic acids is 1. The molecule has 1 N–H and O–H groups in total. The van der Waals surface area contributed by atoms with E-state index in [1.54, 1.807) is 0 Å². The van der Waals surface area contributed by atoms with Crippen molar-refractivity contribution in [3.05, 3.63) is 0 Å². The number of hydrogen-bond acceptors (Lipinski definition) is 3. The number of likely N-dealkylation sites (N-methyl/N-ethyl adjacent to an activating group) is 1. The van der Waals surface area contributed by atoms with Gasteiger partial charge in [-0.1, -0.05) is 0 Å². The molecule has 1 atom stereocenters. The summed E-state index contributed by atoms with van der Waals surface area (Å²) in [4.78, 5) is 15.4. The van der Waals surface area contributed by atoms with Crippen LogP contribution >= 0.6 is 0 Å². The highest BCUT2D eigenvalue weighted by molar-refractivity contribution is 5.66. The molecule has 1 fully saturated rings. The molecular weight excluding hydrogens is 204 g/mol. The first kappa shape index (κ1) is 13.5. The van der Waals surface area contributed by atoms with Crippen molar-refractivity contribution in [2.75, 3.05) is 26.7 Å². The summed E-state index contributed by atoms with van der Waals surface area (Å²) < 4.78 is 0. The van der Waals surface area contributed by atoms with Crippen molar-refractivity contribution >= 4 is 5.97 Å². The van der Waals surface area contributed by atoms with Crippen LogP contribution in [0.1, 0.15) is 33.1 Å². The van der Waals surface area contributed by atoms with Gasteiger partial charge in [-0.15, -0.1) is 0 Å². The molecule has 0 saturated carbocycles. The van der Waals surface area contributed by atoms with Gasteiger partial charge in [0.25, 0.3) is 0 Å². The summed E-state index contributed by atoms with van der Waals surface area (Å²) >= 11 is 0. The standard InChI is InChI=1S/C12H24N2O2/c1-10(2)14-8-4-7-13(3)9-11(14)5-6-12(15)16/h10-11H,4-9H2,1-3H3,(H,15,16). The fraction of sp³-hybridized carbons (Fsp3) is 0.917. The molecule has 1 rings (SSSR count). The van der Waals surface area contributed by atoms with E-state index in [0.717, 1.165) is 26.1 Å². The lowest BCUT2D eigenvalue weighted by molar-refractivity contribution is -0.137. The quantitative estimate of drug-likeness (QED) is 0.787. The maximum atomic E-state index is 10.7. The summed E-state index contributed by atoms with van der Waals surface area (Å²) in [5.41, 5.74) is 0. The first-order chi connectivity index (χ1) is 7.50. The van der Waals surface area contributed by atoms with Crippen LogP contribution in [-0.2, 0) is 4.79 Å². The van der Waals surface area contributed by atoms with Crippen LogP contribution in [0.5, 0.6) is 0 Å². The highest BCUT2D eigenvalue weighted by Gasteiger charge is 2.25. The molecular formula is C12H24N2O2. The normalized spacial score (nSPS) is 24.6. The van der Waals surface area contributed by atoms with Crippen molar-refractivity contribution in [2.45, 2.75) is 45.2 Å². The van der Waals surface area contributed by atoms with Gasteiger partial charge in [0.1, 0.15) is 0 Å². The van der Waals surface area contributed by atoms with E-state index in [0.29, 0.717) is 12.1 Å². The molecule has 0 spiro atoms. The number of carbonyl (C=O) groups is 1. The van der Waals surface area contributed by atoms with Crippen molar-refractivity contribution in [2.24, 2.45) is 0 Å². The second-order valence-corrected chi connectivity index (χ2v) is 5.03. The average Bonchev–Trinajstić information content (AvgIpc) is 2.36. The maximum Gasteiger partial charge on any atom is 0.303 e. The second-order valence-electron chi connectivity index (χ2n) is 5.03. The van der Waals surface area contributed by atoms with Crippen LogP contribution in [0.4, 0.5) is 0 Å². The van der Waals surface area contributed by atoms with Crippen LogP contribution in [-0.4, -0.2) is 59.6 Å². The Balaban J connectivity index is 2.59. The Kier molecular flexibility index (Phi) is 5.22. The molecule has 1 heterocycles. The fourth-order valence-corrected chi connectivity index (χ4v) is 2.49. The van der Waals surface area contributed by atoms with Crippen LogP contribution in [0.15, 0.2) is 0 Å². The third-order valence-electron chi connectivity index (χ3n) is 3.30. The Morgan fingerprint density at radius 3 is 2.69 bits per heavy atom. The van der Waals surface area contributed by atoms with Crippen molar-refractivity contribution < 1.29 is 9.90 Å². The van der Waals surface area contributed by atoms with E-state index >= 15 is 0 Å². The monoisotopic (exact) mass is 228 g/mol. The zero-order valence-corrected chi connectivity index (χ0v) is 10.6. The number of carboxylic acid groups (broad SMARTS) is 1. The molecule has 0 aromatic carbocycles. The first-order valence-electron chi connectivity index (χ1n) is 6.16. The van der Waals surface area contributed by atoms with E-state index in [4.69, 9.17) is 5.11 Å². The van der Waals surface area contributed by atoms with Crippen LogP contribution < -0.4 is 0 Å². The highest BCUT2D eigenvalue weighted by atomic mass is 16.4. The minimum Gasteiger partial charge on any atom is -0.481 e. The summed E-state index contributed by atoms with van der Waals surface area (Å²) in [7, 11) is 2.12. The van der Waals surface area contributed by atoms with Gasteiger partial charge in [0, 0.05) is 25.0 Å². The summed E-state index contributed by atoms with van der Waals surface area (Å²) in [6.07, 6.45) is 2.22. The molecule has 0 aromatic heterocycles. The summed E-state index contributed by atoms with van der Waals surface area (Å²) in [6, 6.07) is 0.897. The highest BCUT2D eigenvalue weighted by Crippen LogP contribution is 2.16. The molecule has 1 unspecified atom stereocenters. The predicted molar refractivity (Wildman–Crippen MR) is 64.6 cm³/mol. The van der Waals surface area contributed by atoms with Gasteiger partial charge in [-0.05, 0) is 46.8 Å². The van der Waals surface area contributed by atoms with E-state index in [1.807, 2.05) is 0 Å². The third-order valence-corrected chi connectivity index (χ3v) is 3.30. The van der Waals surface area contributed by atoms with Gasteiger partial charge in [-0.25, -0.2) is 0 Å². The van der Waals surface area contributed by atoms with Gasteiger partial charge in [-0.3, -0.25) is 9.69 Å². The van der Waals surface area contributed by atoms with Gasteiger partial charge < -0.3 is 10.0 Å². The Morgan fingerprint density at radius 2 is 2.12 bits per heavy atom. The van der Waals surface area contributed by atoms with E-state index in [-0.39, 0.29) is 6.42 Å². The molecule has 16 heavy (non-hydrogen) atoms. The fourth-order valence-electron chi connectivity index (χ4n) is 2.49. The Morgan fingerprint density at radius 1 is 1.44 bits per heavy atom. The summed E-state index contributed by atoms with van der Waals surface area (Å²) in [6.45, 7) is 7.59. The van der Waals surface area contributed by atoms with Crippen molar-refractivity contribution in [1.82, 2.24) is 9.80 Å². The topological polar surface area (TPSA) is 43.8 Å². The molecule has 94 valence electrons. The molecule has 0 aromatic rings. The maximum absolute atomic E-state index is 10.7. The minimum atomic E-state index is -0.685. The van der Waals surface area contributed by atoms with Crippen molar-refractivity contribution in [1.29, 1.82) is 0 Å². The molecule has 4 nitrogen and oxygen atoms in total. The molecule has 0 bridgehead atoms. The van der Waals surface area contributed by atoms with E-state index in [2.05, 4.69) is 30.7 Å². The van der Waals surface area contributed by atoms with Gasteiger partial charge in [0.2, 0.25) is 0 Å². The van der Waals surface area contributed by atoms with Crippen molar-refractivity contribution in [3.8, 4) is 0 Å². The molecule has 0 aliphatic carbocycles. The molecule has 1 aliphatic heterocycles. The molecule has 1 aliphatic rings. The minimum absolute atomic E-state index is 0.279. The first-order valence-corrected chi connectivity index (χ1v) is 6.16. The molecule has 0 amide bonds. The smallest absolute Gasteiger partial charge is 0.303 e. The lowest BCUT2D eigenvalue weighted by atomic mass is 10.1. The van der Waals surface area contributed by atoms with Gasteiger partial charge in [-0.2, -0.15) is 0 Å². The number of nitrogens with zero attached hydrogens (tertiary/aromatic N) is 2. The van der Waals surface area contributed by atoms with E-state index in [9.17, 15) is 4.79 Å². The Bertz CT molecular complexity index is 231. The van der Waals surface area contributed by atoms with Gasteiger partial charge >= 0.3 is 5.97 Å². The summed E-state index contributed by atoms with van der Waals surface area (Å²) in [5.74, 6) is -0.685. The van der Waals surface area contributed by atoms with Crippen LogP contribution in [0.3, 0.4) is 0 Å². The number of aliphatic carboxylic acids is 1. The lowest BCUT2D eigenvalue weighted by Crippen LogP contribution is -2.44. The molecule has 1 saturated heterocycles. The SMILES string of the molecule is CC(C)N1CCCN(C)CC1CCC(=O)O. The van der Waals surface area contributed by atoms with E-state index < -0.39 is 5.97 Å². The average molecular weight is 228 g/mol. The lowest BCUT2D eigenvalue weighted by Gasteiger charge is -2.33. The van der Waals surface area contributed by atoms with Gasteiger partial charge in [0.05, 0.1) is 0 Å². The van der Waals surface area contributed by atoms with Gasteiger partial charge in [0.15, 0.2) is 0 Å². The van der Waals surface area contributed by atoms with E-state index in [1.165, 1.54) is 6.42 Å². The Hall–Kier alpha value is -0.610. The second kappa shape index (κ2) is 6.21. The number of hydrogen-bond donors (Lipinski definition) is 1.